The number of nitrogens with zero attached hydrogens (tertiary/aromatic N) is 3. The maximum Gasteiger partial charge on any atom is 3.00 e. The largest absolute Gasteiger partial charge is 3.00 e. The molecule has 6 nitrogen and oxygen atoms in total. The molecule has 1 radical (unpaired) electrons. The molecular weight excluding hydrogens is 482 g/mol. The monoisotopic (exact) mass is 504 g/mol. The van der Waals surface area contributed by atoms with Gasteiger partial charge in [-0.2, -0.15) is 0 Å². The Bertz CT molecular complexity index is 749. The molecule has 1 N–H and O–H groups in total. The van der Waals surface area contributed by atoms with Crippen LogP contribution in [0.25, 0.3) is 5.82 Å². The summed E-state index contributed by atoms with van der Waals surface area (Å²) in [6, 6.07) is 4.75. The SMILES string of the molecule is O=C(O)c1ccc(-n2ccc(OCC34CC(C3)C4)n2)nc1Cl.[CH3-].[CH3-].[CH3-].[Ce+3]. The van der Waals surface area contributed by atoms with Gasteiger partial charge in [-0.1, -0.05) is 11.6 Å². The molecule has 2 aromatic heterocycles. The molecule has 0 aliphatic heterocycles. The molecule has 8 heteroatoms. The normalized spacial score (nSPS) is 21.3. The van der Waals surface area contributed by atoms with Gasteiger partial charge in [-0.15, -0.1) is 5.10 Å². The molecule has 26 heavy (non-hydrogen) atoms. The minimum atomic E-state index is -1.10. The second-order valence-corrected chi connectivity index (χ2v) is 6.54. The molecule has 3 aliphatic rings. The summed E-state index contributed by atoms with van der Waals surface area (Å²) in [5, 5.41) is 13.2. The van der Waals surface area contributed by atoms with Gasteiger partial charge in [0.1, 0.15) is 5.15 Å². The zero-order valence-corrected chi connectivity index (χ0v) is 19.1. The maximum atomic E-state index is 10.9. The second-order valence-electron chi connectivity index (χ2n) is 6.18. The number of pyridine rings is 1. The first-order chi connectivity index (χ1) is 10.5. The number of ether oxygens (including phenoxy) is 1. The summed E-state index contributed by atoms with van der Waals surface area (Å²) in [4.78, 5) is 15.0. The number of aromatic carboxylic acids is 1. The average Bonchev–Trinajstić information content (AvgIpc) is 2.83. The Morgan fingerprint density at radius 1 is 1.27 bits per heavy atom. The van der Waals surface area contributed by atoms with Gasteiger partial charge in [0.25, 0.3) is 0 Å². The van der Waals surface area contributed by atoms with Crippen LogP contribution in [0.15, 0.2) is 24.4 Å². The smallest absolute Gasteiger partial charge is 0.478 e. The molecular formula is C18H23CeClN3O3. The summed E-state index contributed by atoms with van der Waals surface area (Å²) in [5.74, 6) is 0.827. The van der Waals surface area contributed by atoms with E-state index in [9.17, 15) is 4.79 Å². The van der Waals surface area contributed by atoms with Crippen LogP contribution in [0.4, 0.5) is 0 Å². The Morgan fingerprint density at radius 2 is 1.92 bits per heavy atom. The summed E-state index contributed by atoms with van der Waals surface area (Å²) in [6.07, 6.45) is 5.56. The minimum Gasteiger partial charge on any atom is -0.478 e. The van der Waals surface area contributed by atoms with Crippen molar-refractivity contribution >= 4 is 17.6 Å². The summed E-state index contributed by atoms with van der Waals surface area (Å²) in [7, 11) is 0. The van der Waals surface area contributed by atoms with Crippen LogP contribution in [0.5, 0.6) is 5.88 Å². The molecule has 2 heterocycles. The predicted molar refractivity (Wildman–Crippen MR) is 97.8 cm³/mol. The van der Waals surface area contributed by atoms with Crippen LogP contribution in [0.1, 0.15) is 29.6 Å². The van der Waals surface area contributed by atoms with Crippen molar-refractivity contribution in [1.82, 2.24) is 14.8 Å². The van der Waals surface area contributed by atoms with Gasteiger partial charge in [-0.3, -0.25) is 0 Å². The van der Waals surface area contributed by atoms with Crippen LogP contribution in [-0.4, -0.2) is 32.4 Å². The zero-order chi connectivity index (χ0) is 15.3. The first-order valence-electron chi connectivity index (χ1n) is 7.13. The van der Waals surface area contributed by atoms with Gasteiger partial charge in [-0.05, 0) is 37.3 Å². The molecule has 2 aromatic rings. The van der Waals surface area contributed by atoms with Crippen LogP contribution in [0.2, 0.25) is 5.15 Å². The van der Waals surface area contributed by atoms with Crippen LogP contribution >= 0.6 is 11.6 Å². The number of carboxylic acid groups (broad SMARTS) is 1. The van der Waals surface area contributed by atoms with Gasteiger partial charge in [0.05, 0.1) is 12.2 Å². The van der Waals surface area contributed by atoms with E-state index in [2.05, 4.69) is 10.1 Å². The van der Waals surface area contributed by atoms with E-state index in [1.54, 1.807) is 18.3 Å². The minimum absolute atomic E-state index is 0. The molecule has 3 aliphatic carbocycles. The average molecular weight is 505 g/mol. The molecule has 0 amide bonds. The third-order valence-corrected chi connectivity index (χ3v) is 4.84. The van der Waals surface area contributed by atoms with E-state index in [0.717, 1.165) is 5.92 Å². The molecule has 0 atom stereocenters. The van der Waals surface area contributed by atoms with Gasteiger partial charge in [0.15, 0.2) is 5.82 Å². The molecule has 0 saturated heterocycles. The van der Waals surface area contributed by atoms with Crippen molar-refractivity contribution in [3.63, 3.8) is 0 Å². The van der Waals surface area contributed by atoms with Crippen molar-refractivity contribution in [2.24, 2.45) is 11.3 Å². The third kappa shape index (κ3) is 4.58. The number of aromatic nitrogens is 3. The molecule has 0 aromatic carbocycles. The Kier molecular flexibility index (Phi) is 9.22. The van der Waals surface area contributed by atoms with E-state index >= 15 is 0 Å². The van der Waals surface area contributed by atoms with Gasteiger partial charge in [0, 0.05) is 17.7 Å². The number of carboxylic acids is 1. The summed E-state index contributed by atoms with van der Waals surface area (Å²) < 4.78 is 7.28. The summed E-state index contributed by atoms with van der Waals surface area (Å²) in [6.45, 7) is 0.715. The Labute approximate surface area is 193 Å². The molecule has 2 bridgehead atoms. The number of rotatable bonds is 5. The van der Waals surface area contributed by atoms with E-state index in [1.165, 1.54) is 30.0 Å². The fourth-order valence-electron chi connectivity index (χ4n) is 3.29. The van der Waals surface area contributed by atoms with Gasteiger partial charge < -0.3 is 32.1 Å². The van der Waals surface area contributed by atoms with E-state index in [-0.39, 0.29) is 74.7 Å². The predicted octanol–water partition coefficient (Wildman–Crippen LogP) is 4.15. The number of hydrogen-bond donors (Lipinski definition) is 1. The number of halogens is 1. The molecule has 3 saturated carbocycles. The Morgan fingerprint density at radius 3 is 2.42 bits per heavy atom. The molecule has 5 rings (SSSR count). The standard InChI is InChI=1S/C15H14ClN3O3.3CH3.Ce/c16-13-10(14(20)21)1-2-11(17-13)19-4-3-12(18-19)22-8-15-5-9(6-15)7-15;;;;/h1-4,9H,5-8H2,(H,20,21);3*1H3;/q;3*-1;+3. The Hall–Kier alpha value is -0.703. The van der Waals surface area contributed by atoms with Crippen LogP contribution in [-0.2, 0) is 0 Å². The van der Waals surface area contributed by atoms with E-state index in [0.29, 0.717) is 23.7 Å². The summed E-state index contributed by atoms with van der Waals surface area (Å²) >= 11 is 5.87. The van der Waals surface area contributed by atoms with Crippen LogP contribution in [0.3, 0.4) is 0 Å². The molecule has 3 fully saturated rings. The number of hydrogen-bond acceptors (Lipinski definition) is 4. The van der Waals surface area contributed by atoms with Gasteiger partial charge in [-0.25, -0.2) is 14.5 Å². The number of carbonyl (C=O) groups is 1. The van der Waals surface area contributed by atoms with Gasteiger partial charge in [0.2, 0.25) is 5.88 Å². The van der Waals surface area contributed by atoms with Crippen molar-refractivity contribution in [2.45, 2.75) is 19.3 Å². The maximum absolute atomic E-state index is 10.9. The molecule has 139 valence electrons. The van der Waals surface area contributed by atoms with Crippen molar-refractivity contribution in [3.05, 3.63) is 57.4 Å². The first-order valence-corrected chi connectivity index (χ1v) is 7.51. The van der Waals surface area contributed by atoms with E-state index < -0.39 is 5.97 Å². The van der Waals surface area contributed by atoms with Crippen molar-refractivity contribution in [3.8, 4) is 11.7 Å². The van der Waals surface area contributed by atoms with E-state index in [1.807, 2.05) is 0 Å². The Balaban J connectivity index is 0.00000156. The second kappa shape index (κ2) is 9.48. The molecule has 0 unspecified atom stereocenters. The van der Waals surface area contributed by atoms with Crippen molar-refractivity contribution in [2.75, 3.05) is 6.61 Å². The topological polar surface area (TPSA) is 77.2 Å². The van der Waals surface area contributed by atoms with Crippen LogP contribution < -0.4 is 4.74 Å². The molecule has 0 spiro atoms. The third-order valence-electron chi connectivity index (χ3n) is 4.56. The zero-order valence-electron chi connectivity index (χ0n) is 15.2. The van der Waals surface area contributed by atoms with Gasteiger partial charge >= 0.3 is 47.7 Å². The summed E-state index contributed by atoms with van der Waals surface area (Å²) in [5.41, 5.74) is 0.372. The fraction of sp³-hybridized carbons (Fsp3) is 0.333. The fourth-order valence-corrected chi connectivity index (χ4v) is 3.52. The van der Waals surface area contributed by atoms with E-state index in [4.69, 9.17) is 21.4 Å². The quantitative estimate of drug-likeness (QED) is 0.489. The first kappa shape index (κ1) is 25.3. The van der Waals surface area contributed by atoms with Crippen molar-refractivity contribution in [1.29, 1.82) is 0 Å². The van der Waals surface area contributed by atoms with Crippen molar-refractivity contribution < 1.29 is 56.4 Å². The van der Waals surface area contributed by atoms with Crippen LogP contribution in [0, 0.1) is 75.4 Å².